The molecule has 1 aliphatic heterocycles. The molecule has 3 amide bonds. The molecule has 2 aromatic carbocycles. The van der Waals surface area contributed by atoms with E-state index < -0.39 is 16.7 Å². The van der Waals surface area contributed by atoms with E-state index in [0.717, 1.165) is 21.7 Å². The van der Waals surface area contributed by atoms with E-state index in [4.69, 9.17) is 0 Å². The predicted molar refractivity (Wildman–Crippen MR) is 111 cm³/mol. The van der Waals surface area contributed by atoms with Crippen LogP contribution in [0.2, 0.25) is 0 Å². The van der Waals surface area contributed by atoms with Crippen LogP contribution in [0.5, 0.6) is 0 Å². The topological polar surface area (TPSA) is 110 Å². The molecule has 0 atom stereocenters. The van der Waals surface area contributed by atoms with Crippen LogP contribution in [0.4, 0.5) is 11.4 Å². The van der Waals surface area contributed by atoms with Crippen molar-refractivity contribution in [3.8, 4) is 0 Å². The zero-order chi connectivity index (χ0) is 21.8. The van der Waals surface area contributed by atoms with Crippen LogP contribution in [0.25, 0.3) is 0 Å². The lowest BCUT2D eigenvalue weighted by Gasteiger charge is -2.13. The molecule has 8 heteroatoms. The van der Waals surface area contributed by atoms with Crippen molar-refractivity contribution in [2.24, 2.45) is 0 Å². The molecule has 30 heavy (non-hydrogen) atoms. The van der Waals surface area contributed by atoms with Gasteiger partial charge in [0.1, 0.15) is 5.56 Å². The number of nitro groups is 1. The lowest BCUT2D eigenvalue weighted by molar-refractivity contribution is -0.385. The Balaban J connectivity index is 1.48. The molecule has 0 radical (unpaired) electrons. The van der Waals surface area contributed by atoms with Crippen molar-refractivity contribution in [3.63, 3.8) is 0 Å². The van der Waals surface area contributed by atoms with Gasteiger partial charge in [0.15, 0.2) is 0 Å². The van der Waals surface area contributed by atoms with Crippen LogP contribution < -0.4 is 5.32 Å². The highest BCUT2D eigenvalue weighted by Gasteiger charge is 2.40. The predicted octanol–water partition coefficient (Wildman–Crippen LogP) is 4.01. The maximum atomic E-state index is 12.5. The second kappa shape index (κ2) is 8.86. The van der Waals surface area contributed by atoms with Gasteiger partial charge in [0.05, 0.1) is 10.5 Å². The van der Waals surface area contributed by atoms with E-state index in [1.165, 1.54) is 18.2 Å². The summed E-state index contributed by atoms with van der Waals surface area (Å²) in [5.41, 5.74) is 2.44. The molecule has 8 nitrogen and oxygen atoms in total. The fourth-order valence-corrected chi connectivity index (χ4v) is 3.49. The van der Waals surface area contributed by atoms with Crippen LogP contribution >= 0.6 is 0 Å². The summed E-state index contributed by atoms with van der Waals surface area (Å²) < 4.78 is 0. The van der Waals surface area contributed by atoms with Crippen LogP contribution in [0.3, 0.4) is 0 Å². The summed E-state index contributed by atoms with van der Waals surface area (Å²) in [5.74, 6) is -1.22. The molecule has 1 heterocycles. The SMILES string of the molecule is Cc1ccc(C)c(NC(=O)CCCCCN2C(=O)c3cccc([N+](=O)[O-])c3C2=O)c1. The molecule has 0 aromatic heterocycles. The first-order chi connectivity index (χ1) is 14.3. The first-order valence-corrected chi connectivity index (χ1v) is 9.80. The zero-order valence-corrected chi connectivity index (χ0v) is 16.9. The third-order valence-corrected chi connectivity index (χ3v) is 5.13. The number of amides is 3. The molecule has 1 N–H and O–H groups in total. The van der Waals surface area contributed by atoms with Gasteiger partial charge < -0.3 is 5.32 Å². The second-order valence-corrected chi connectivity index (χ2v) is 7.40. The normalized spacial score (nSPS) is 12.8. The number of nitrogens with one attached hydrogen (secondary N) is 1. The van der Waals surface area contributed by atoms with Gasteiger partial charge in [0, 0.05) is 24.7 Å². The van der Waals surface area contributed by atoms with Gasteiger partial charge in [-0.15, -0.1) is 0 Å². The number of unbranched alkanes of at least 4 members (excludes halogenated alkanes) is 2. The Kier molecular flexibility index (Phi) is 6.25. The van der Waals surface area contributed by atoms with E-state index in [1.54, 1.807) is 0 Å². The number of carbonyl (C=O) groups excluding carboxylic acids is 3. The van der Waals surface area contributed by atoms with Gasteiger partial charge in [-0.1, -0.05) is 24.6 Å². The number of hydrogen-bond donors (Lipinski definition) is 1. The quantitative estimate of drug-likeness (QED) is 0.307. The lowest BCUT2D eigenvalue weighted by atomic mass is 10.1. The molecule has 0 unspecified atom stereocenters. The van der Waals surface area contributed by atoms with Crippen LogP contribution in [0.15, 0.2) is 36.4 Å². The third kappa shape index (κ3) is 4.37. The molecule has 0 saturated heterocycles. The molecule has 0 bridgehead atoms. The molecule has 0 fully saturated rings. The van der Waals surface area contributed by atoms with Crippen LogP contribution in [-0.4, -0.2) is 34.1 Å². The van der Waals surface area contributed by atoms with E-state index in [2.05, 4.69) is 5.32 Å². The fraction of sp³-hybridized carbons (Fsp3) is 0.318. The number of nitrogens with zero attached hydrogens (tertiary/aromatic N) is 2. The Morgan fingerprint density at radius 2 is 1.83 bits per heavy atom. The van der Waals surface area contributed by atoms with Gasteiger partial charge in [-0.2, -0.15) is 0 Å². The van der Waals surface area contributed by atoms with E-state index in [1.807, 2.05) is 32.0 Å². The van der Waals surface area contributed by atoms with Crippen molar-refractivity contribution >= 4 is 29.1 Å². The van der Waals surface area contributed by atoms with Crippen molar-refractivity contribution in [3.05, 3.63) is 68.8 Å². The molecule has 0 saturated carbocycles. The van der Waals surface area contributed by atoms with Gasteiger partial charge in [-0.05, 0) is 49.9 Å². The number of aryl methyl sites for hydroxylation is 2. The summed E-state index contributed by atoms with van der Waals surface area (Å²) in [4.78, 5) is 48.6. The smallest absolute Gasteiger partial charge is 0.282 e. The highest BCUT2D eigenvalue weighted by molar-refractivity contribution is 6.23. The van der Waals surface area contributed by atoms with Gasteiger partial charge in [-0.25, -0.2) is 0 Å². The highest BCUT2D eigenvalue weighted by Crippen LogP contribution is 2.30. The van der Waals surface area contributed by atoms with Gasteiger partial charge >= 0.3 is 0 Å². The maximum absolute atomic E-state index is 12.5. The number of fused-ring (bicyclic) bond motifs is 1. The third-order valence-electron chi connectivity index (χ3n) is 5.13. The average Bonchev–Trinajstić information content (AvgIpc) is 2.95. The summed E-state index contributed by atoms with van der Waals surface area (Å²) in [6.45, 7) is 4.06. The summed E-state index contributed by atoms with van der Waals surface area (Å²) in [6, 6.07) is 9.92. The van der Waals surface area contributed by atoms with Gasteiger partial charge in [0.2, 0.25) is 5.91 Å². The van der Waals surface area contributed by atoms with E-state index >= 15 is 0 Å². The molecule has 156 valence electrons. The molecular weight excluding hydrogens is 386 g/mol. The number of benzene rings is 2. The van der Waals surface area contributed by atoms with Gasteiger partial charge in [0.25, 0.3) is 17.5 Å². The molecule has 0 aliphatic carbocycles. The minimum atomic E-state index is -0.651. The van der Waals surface area contributed by atoms with Crippen LogP contribution in [0, 0.1) is 24.0 Å². The lowest BCUT2D eigenvalue weighted by Crippen LogP contribution is -2.30. The molecule has 2 aromatic rings. The molecular formula is C22H23N3O5. The number of anilines is 1. The maximum Gasteiger partial charge on any atom is 0.282 e. The van der Waals surface area contributed by atoms with Crippen molar-refractivity contribution in [2.75, 3.05) is 11.9 Å². The Labute approximate surface area is 174 Å². The number of carbonyl (C=O) groups is 3. The van der Waals surface area contributed by atoms with Crippen molar-refractivity contribution in [2.45, 2.75) is 39.5 Å². The molecule has 3 rings (SSSR count). The summed E-state index contributed by atoms with van der Waals surface area (Å²) >= 11 is 0. The molecule has 1 aliphatic rings. The van der Waals surface area contributed by atoms with Gasteiger partial charge in [-0.3, -0.25) is 29.4 Å². The standard InChI is InChI=1S/C22H23N3O5/c1-14-10-11-15(2)17(13-14)23-19(26)9-4-3-5-12-24-21(27)16-7-6-8-18(25(29)30)20(16)22(24)28/h6-8,10-11,13H,3-5,9,12H2,1-2H3,(H,23,26). The minimum absolute atomic E-state index is 0.0714. The summed E-state index contributed by atoms with van der Waals surface area (Å²) in [7, 11) is 0. The Bertz CT molecular complexity index is 1030. The minimum Gasteiger partial charge on any atom is -0.326 e. The Morgan fingerprint density at radius 3 is 2.57 bits per heavy atom. The van der Waals surface area contributed by atoms with E-state index in [0.29, 0.717) is 25.7 Å². The van der Waals surface area contributed by atoms with Crippen LogP contribution in [0.1, 0.15) is 57.5 Å². The number of imide groups is 1. The van der Waals surface area contributed by atoms with Crippen LogP contribution in [-0.2, 0) is 4.79 Å². The monoisotopic (exact) mass is 409 g/mol. The van der Waals surface area contributed by atoms with E-state index in [9.17, 15) is 24.5 Å². The van der Waals surface area contributed by atoms with Crippen molar-refractivity contribution in [1.29, 1.82) is 0 Å². The molecule has 0 spiro atoms. The summed E-state index contributed by atoms with van der Waals surface area (Å²) in [6.07, 6.45) is 2.12. The Morgan fingerprint density at radius 1 is 1.07 bits per heavy atom. The van der Waals surface area contributed by atoms with E-state index in [-0.39, 0.29) is 29.3 Å². The Hall–Kier alpha value is -3.55. The second-order valence-electron chi connectivity index (χ2n) is 7.40. The number of hydrogen-bond acceptors (Lipinski definition) is 5. The summed E-state index contributed by atoms with van der Waals surface area (Å²) in [5, 5.41) is 14.0. The number of rotatable bonds is 8. The highest BCUT2D eigenvalue weighted by atomic mass is 16.6. The zero-order valence-electron chi connectivity index (χ0n) is 16.9. The first kappa shape index (κ1) is 21.2. The average molecular weight is 409 g/mol. The van der Waals surface area contributed by atoms with Crippen molar-refractivity contribution in [1.82, 2.24) is 4.90 Å². The number of nitro benzene ring substituents is 1. The van der Waals surface area contributed by atoms with Crippen molar-refractivity contribution < 1.29 is 19.3 Å². The fourth-order valence-electron chi connectivity index (χ4n) is 3.49. The largest absolute Gasteiger partial charge is 0.326 e. The first-order valence-electron chi connectivity index (χ1n) is 9.80.